The summed E-state index contributed by atoms with van der Waals surface area (Å²) in [6.45, 7) is 11.1. The van der Waals surface area contributed by atoms with Crippen molar-refractivity contribution in [2.24, 2.45) is 11.8 Å². The van der Waals surface area contributed by atoms with Crippen LogP contribution >= 0.6 is 15.6 Å². The van der Waals surface area contributed by atoms with Gasteiger partial charge in [0, 0.05) is 0 Å². The predicted molar refractivity (Wildman–Crippen MR) is 182 cm³/mol. The van der Waals surface area contributed by atoms with E-state index in [4.69, 9.17) is 22.6 Å². The fraction of sp³-hybridized carbons (Fsp3) is 0.486. The van der Waals surface area contributed by atoms with Crippen LogP contribution in [0, 0.1) is 18.8 Å². The molecule has 45 heavy (non-hydrogen) atoms. The third kappa shape index (κ3) is 16.5. The van der Waals surface area contributed by atoms with Gasteiger partial charge >= 0.3 is 15.6 Å². The highest BCUT2D eigenvalue weighted by atomic mass is 31.2. The normalized spacial score (nSPS) is 13.9. The number of unbranched alkanes of at least 4 members (excludes halogenated alkanes) is 2. The van der Waals surface area contributed by atoms with E-state index in [1.807, 2.05) is 31.2 Å². The van der Waals surface area contributed by atoms with Crippen LogP contribution in [0.5, 0.6) is 17.2 Å². The van der Waals surface area contributed by atoms with E-state index in [2.05, 4.69) is 27.7 Å². The van der Waals surface area contributed by atoms with Crippen LogP contribution in [0.1, 0.15) is 84.6 Å². The lowest BCUT2D eigenvalue weighted by Gasteiger charge is -2.20. The summed E-state index contributed by atoms with van der Waals surface area (Å²) in [7, 11) is -7.79. The van der Waals surface area contributed by atoms with Crippen LogP contribution in [0.2, 0.25) is 0 Å². The SMILES string of the molecule is CCCCC(CC)COP(=O)(O)OCC(CC)CCCC.Cc1ccc(OP(=O)(Oc2ccccc2)Oc2ccccc2)cc1. The third-order valence-electron chi connectivity index (χ3n) is 7.19. The van der Waals surface area contributed by atoms with Crippen molar-refractivity contribution in [2.75, 3.05) is 13.2 Å². The molecule has 3 rings (SSSR count). The molecule has 3 aromatic carbocycles. The summed E-state index contributed by atoms with van der Waals surface area (Å²) in [5.41, 5.74) is 1.07. The Hall–Kier alpha value is -2.60. The first-order valence-corrected chi connectivity index (χ1v) is 19.0. The quantitative estimate of drug-likeness (QED) is 0.119. The standard InChI is InChI=1S/C19H17O4P.C16H35O4P/c1-16-12-14-19(15-13-16)23-24(20,21-17-8-4-2-5-9-17)22-18-10-6-3-7-11-18;1-5-9-11-15(7-3)13-19-21(17,18)20-14-16(8-4)12-10-6-2/h2-15H,1H3;15-16H,5-14H2,1-4H3,(H,17,18). The van der Waals surface area contributed by atoms with Gasteiger partial charge in [0.1, 0.15) is 17.2 Å². The lowest BCUT2D eigenvalue weighted by atomic mass is 10.0. The summed E-state index contributed by atoms with van der Waals surface area (Å²) in [6, 6.07) is 24.8. The molecule has 0 aliphatic heterocycles. The van der Waals surface area contributed by atoms with Gasteiger partial charge in [-0.05, 0) is 68.0 Å². The lowest BCUT2D eigenvalue weighted by Crippen LogP contribution is -2.12. The molecule has 0 spiro atoms. The predicted octanol–water partition coefficient (Wildman–Crippen LogP) is 11.2. The molecule has 0 fully saturated rings. The second-order valence-electron chi connectivity index (χ2n) is 11.1. The first-order chi connectivity index (χ1) is 21.6. The van der Waals surface area contributed by atoms with Crippen molar-refractivity contribution < 1.29 is 36.6 Å². The Balaban J connectivity index is 0.000000318. The molecule has 3 aromatic rings. The maximum Gasteiger partial charge on any atom is 0.647 e. The molecule has 2 atom stereocenters. The second-order valence-corrected chi connectivity index (χ2v) is 13.9. The molecule has 1 N–H and O–H groups in total. The fourth-order valence-corrected chi connectivity index (χ4v) is 6.36. The van der Waals surface area contributed by atoms with E-state index in [0.29, 0.717) is 42.3 Å². The molecule has 8 nitrogen and oxygen atoms in total. The zero-order valence-corrected chi connectivity index (χ0v) is 29.3. The number of para-hydroxylation sites is 2. The summed E-state index contributed by atoms with van der Waals surface area (Å²) >= 11 is 0. The zero-order chi connectivity index (χ0) is 33.0. The van der Waals surface area contributed by atoms with Crippen LogP contribution in [0.3, 0.4) is 0 Å². The van der Waals surface area contributed by atoms with E-state index in [0.717, 1.165) is 56.9 Å². The molecule has 0 saturated heterocycles. The van der Waals surface area contributed by atoms with Crippen molar-refractivity contribution in [1.82, 2.24) is 0 Å². The van der Waals surface area contributed by atoms with Crippen molar-refractivity contribution in [2.45, 2.75) is 86.0 Å². The minimum atomic E-state index is -3.90. The summed E-state index contributed by atoms with van der Waals surface area (Å²) in [6.07, 6.45) is 8.56. The summed E-state index contributed by atoms with van der Waals surface area (Å²) in [5, 5.41) is 0. The van der Waals surface area contributed by atoms with Crippen molar-refractivity contribution in [3.8, 4) is 17.2 Å². The van der Waals surface area contributed by atoms with E-state index in [-0.39, 0.29) is 0 Å². The average molecular weight is 663 g/mol. The van der Waals surface area contributed by atoms with Crippen molar-refractivity contribution >= 4 is 15.6 Å². The highest BCUT2D eigenvalue weighted by Gasteiger charge is 2.33. The second kappa shape index (κ2) is 21.2. The maximum absolute atomic E-state index is 13.1. The van der Waals surface area contributed by atoms with Crippen molar-refractivity contribution in [3.63, 3.8) is 0 Å². The largest absolute Gasteiger partial charge is 0.647 e. The van der Waals surface area contributed by atoms with E-state index >= 15 is 0 Å². The number of rotatable bonds is 20. The summed E-state index contributed by atoms with van der Waals surface area (Å²) in [4.78, 5) is 9.77. The summed E-state index contributed by atoms with van der Waals surface area (Å²) < 4.78 is 52.1. The van der Waals surface area contributed by atoms with Gasteiger partial charge in [-0.25, -0.2) is 4.57 Å². The van der Waals surface area contributed by atoms with Gasteiger partial charge in [-0.15, -0.1) is 0 Å². The van der Waals surface area contributed by atoms with Crippen LogP contribution in [0.4, 0.5) is 0 Å². The monoisotopic (exact) mass is 662 g/mol. The first kappa shape index (κ1) is 38.6. The molecule has 250 valence electrons. The van der Waals surface area contributed by atoms with E-state index < -0.39 is 15.6 Å². The molecular weight excluding hydrogens is 610 g/mol. The van der Waals surface area contributed by atoms with E-state index in [1.165, 1.54) is 0 Å². The van der Waals surface area contributed by atoms with E-state index in [9.17, 15) is 14.0 Å². The molecule has 0 saturated carbocycles. The number of hydrogen-bond acceptors (Lipinski definition) is 7. The molecule has 0 bridgehead atoms. The Bertz CT molecular complexity index is 1200. The Labute approximate surface area is 270 Å². The van der Waals surface area contributed by atoms with Crippen molar-refractivity contribution in [1.29, 1.82) is 0 Å². The molecule has 0 aromatic heterocycles. The summed E-state index contributed by atoms with van der Waals surface area (Å²) in [5.74, 6) is 1.91. The molecule has 10 heteroatoms. The Kier molecular flexibility index (Phi) is 18.2. The number of phosphoric ester groups is 2. The van der Waals surface area contributed by atoms with Gasteiger partial charge in [0.2, 0.25) is 0 Å². The van der Waals surface area contributed by atoms with Crippen LogP contribution in [0.25, 0.3) is 0 Å². The fourth-order valence-electron chi connectivity index (χ4n) is 4.24. The topological polar surface area (TPSA) is 101 Å². The van der Waals surface area contributed by atoms with Gasteiger partial charge in [0.05, 0.1) is 13.2 Å². The Morgan fingerprint density at radius 3 is 1.33 bits per heavy atom. The number of phosphoric acid groups is 2. The molecule has 0 amide bonds. The van der Waals surface area contributed by atoms with Crippen molar-refractivity contribution in [3.05, 3.63) is 90.5 Å². The lowest BCUT2D eigenvalue weighted by molar-refractivity contribution is 0.110. The molecule has 0 aliphatic rings. The first-order valence-electron chi connectivity index (χ1n) is 16.1. The average Bonchev–Trinajstić information content (AvgIpc) is 3.03. The molecule has 2 unspecified atom stereocenters. The van der Waals surface area contributed by atoms with Crippen LogP contribution in [0.15, 0.2) is 84.9 Å². The highest BCUT2D eigenvalue weighted by molar-refractivity contribution is 7.49. The van der Waals surface area contributed by atoms with E-state index in [1.54, 1.807) is 60.7 Å². The van der Waals surface area contributed by atoms with Gasteiger partial charge in [0.25, 0.3) is 0 Å². The minimum Gasteiger partial charge on any atom is -0.386 e. The van der Waals surface area contributed by atoms with Crippen LogP contribution < -0.4 is 13.6 Å². The van der Waals surface area contributed by atoms with Crippen LogP contribution in [-0.2, 0) is 18.2 Å². The van der Waals surface area contributed by atoms with Gasteiger partial charge < -0.3 is 18.5 Å². The Morgan fingerprint density at radius 1 is 0.600 bits per heavy atom. The smallest absolute Gasteiger partial charge is 0.386 e. The van der Waals surface area contributed by atoms with Gasteiger partial charge in [-0.3, -0.25) is 9.05 Å². The number of benzene rings is 3. The van der Waals surface area contributed by atoms with Gasteiger partial charge in [0.15, 0.2) is 0 Å². The number of aryl methyl sites for hydroxylation is 1. The third-order valence-corrected chi connectivity index (χ3v) is 9.45. The highest BCUT2D eigenvalue weighted by Crippen LogP contribution is 2.49. The molecule has 0 heterocycles. The van der Waals surface area contributed by atoms with Gasteiger partial charge in [-0.1, -0.05) is 120 Å². The Morgan fingerprint density at radius 2 is 0.978 bits per heavy atom. The molecule has 0 aliphatic carbocycles. The zero-order valence-electron chi connectivity index (χ0n) is 27.5. The molecular formula is C35H52O8P2. The minimum absolute atomic E-state index is 0.316. The van der Waals surface area contributed by atoms with Gasteiger partial charge in [-0.2, -0.15) is 4.57 Å². The molecule has 0 radical (unpaired) electrons. The maximum atomic E-state index is 13.1. The van der Waals surface area contributed by atoms with Crippen LogP contribution in [-0.4, -0.2) is 18.1 Å². The number of hydrogen-bond donors (Lipinski definition) is 1.